The van der Waals surface area contributed by atoms with E-state index in [1.807, 2.05) is 0 Å². The number of phosphoric acid groups is 2. The molecule has 66 heavy (non-hydrogen) atoms. The van der Waals surface area contributed by atoms with Gasteiger partial charge in [0.15, 0.2) is 6.23 Å². The van der Waals surface area contributed by atoms with Crippen molar-refractivity contribution in [3.05, 3.63) is 83.4 Å². The molecule has 1 fully saturated rings. The molecule has 1 amide bonds. The van der Waals surface area contributed by atoms with Gasteiger partial charge in [0.2, 0.25) is 0 Å². The molecule has 1 unspecified atom stereocenters. The van der Waals surface area contributed by atoms with Crippen molar-refractivity contribution in [1.82, 2.24) is 14.5 Å². The second kappa shape index (κ2) is 25.7. The Kier molecular flexibility index (Phi) is 20.4. The van der Waals surface area contributed by atoms with Crippen LogP contribution in [0.25, 0.3) is 11.0 Å². The Bertz CT molecular complexity index is 2210. The van der Waals surface area contributed by atoms with Gasteiger partial charge >= 0.3 is 27.6 Å². The maximum Gasteiger partial charge on any atom is 0.484 e. The summed E-state index contributed by atoms with van der Waals surface area (Å²) in [6.45, 7) is 4.09. The summed E-state index contributed by atoms with van der Waals surface area (Å²) in [5.41, 5.74) is 6.53. The number of phosphoric ester groups is 2. The molecule has 5 atom stereocenters. The maximum absolute atomic E-state index is 14.1. The summed E-state index contributed by atoms with van der Waals surface area (Å²) in [5, 5.41) is 22.1. The Morgan fingerprint density at radius 2 is 1.24 bits per heavy atom. The van der Waals surface area contributed by atoms with Crippen molar-refractivity contribution in [2.24, 2.45) is 5.73 Å². The van der Waals surface area contributed by atoms with Crippen molar-refractivity contribution in [2.75, 3.05) is 6.61 Å². The Morgan fingerprint density at radius 1 is 0.742 bits per heavy atom. The summed E-state index contributed by atoms with van der Waals surface area (Å²) in [6, 6.07) is 12.2. The van der Waals surface area contributed by atoms with Gasteiger partial charge in [-0.2, -0.15) is 4.31 Å². The predicted octanol–water partition coefficient (Wildman–Crippen LogP) is 8.45. The summed E-state index contributed by atoms with van der Waals surface area (Å²) in [7, 11) is -10.4. The van der Waals surface area contributed by atoms with Crippen LogP contribution in [0.2, 0.25) is 0 Å². The molecular weight excluding hydrogens is 898 g/mol. The highest BCUT2D eigenvalue weighted by Crippen LogP contribution is 2.64. The van der Waals surface area contributed by atoms with Gasteiger partial charge in [-0.05, 0) is 55.2 Å². The number of primary amides is 1. The summed E-state index contributed by atoms with van der Waals surface area (Å²) in [4.78, 5) is 56.2. The Hall–Kier alpha value is -4.39. The second-order valence-electron chi connectivity index (χ2n) is 16.1. The molecule has 1 aliphatic rings. The van der Waals surface area contributed by atoms with E-state index in [0.29, 0.717) is 17.0 Å². The lowest BCUT2D eigenvalue weighted by Crippen LogP contribution is -2.33. The molecule has 5 N–H and O–H groups in total. The quantitative estimate of drug-likeness (QED) is 0.0172. The maximum atomic E-state index is 14.1. The molecule has 2 aromatic heterocycles. The molecule has 4 aromatic rings. The third-order valence-corrected chi connectivity index (χ3v) is 13.7. The van der Waals surface area contributed by atoms with Crippen LogP contribution in [0.5, 0.6) is 11.5 Å². The van der Waals surface area contributed by atoms with Crippen LogP contribution in [0.4, 0.5) is 0 Å². The number of nitrogens with two attached hydrogens (primary N) is 1. The molecule has 2 aromatic carbocycles. The van der Waals surface area contributed by atoms with Crippen LogP contribution in [0.15, 0.2) is 60.9 Å². The second-order valence-corrected chi connectivity index (χ2v) is 19.4. The van der Waals surface area contributed by atoms with Gasteiger partial charge in [-0.1, -0.05) is 102 Å². The minimum Gasteiger partial charge on any atom is -0.427 e. The average Bonchev–Trinajstić information content (AvgIpc) is 3.80. The largest absolute Gasteiger partial charge is 0.484 e. The minimum absolute atomic E-state index is 0.0235. The third-order valence-electron chi connectivity index (χ3n) is 10.7. The number of benzene rings is 2. The minimum atomic E-state index is -5.37. The number of carbonyl (C=O) groups is 3. The van der Waals surface area contributed by atoms with E-state index in [-0.39, 0.29) is 52.9 Å². The third kappa shape index (κ3) is 16.1. The van der Waals surface area contributed by atoms with Crippen LogP contribution in [0, 0.1) is 6.92 Å². The van der Waals surface area contributed by atoms with Gasteiger partial charge in [-0.15, -0.1) is 0 Å². The fraction of sp³-hybridized carbons (Fsp3) is 0.533. The fourth-order valence-corrected chi connectivity index (χ4v) is 9.68. The normalized spacial score (nSPS) is 18.3. The molecule has 19 nitrogen and oxygen atoms in total. The molecule has 362 valence electrons. The number of fused-ring (bicyclic) bond motifs is 1. The lowest BCUT2D eigenvalue weighted by atomic mass is 10.1. The summed E-state index contributed by atoms with van der Waals surface area (Å²) >= 11 is 0. The van der Waals surface area contributed by atoms with E-state index in [2.05, 4.69) is 23.8 Å². The van der Waals surface area contributed by atoms with E-state index in [1.165, 1.54) is 65.5 Å². The van der Waals surface area contributed by atoms with Gasteiger partial charge in [0.05, 0.1) is 30.8 Å². The fourth-order valence-electron chi connectivity index (χ4n) is 7.08. The van der Waals surface area contributed by atoms with E-state index >= 15 is 0 Å². The first-order valence-corrected chi connectivity index (χ1v) is 25.4. The number of amides is 1. The predicted molar refractivity (Wildman–Crippen MR) is 241 cm³/mol. The molecule has 21 heteroatoms. The smallest absolute Gasteiger partial charge is 0.427 e. The molecule has 1 aliphatic heterocycles. The van der Waals surface area contributed by atoms with Crippen molar-refractivity contribution in [1.29, 1.82) is 0 Å². The van der Waals surface area contributed by atoms with E-state index in [9.17, 15) is 38.6 Å². The van der Waals surface area contributed by atoms with Crippen molar-refractivity contribution in [2.45, 2.75) is 148 Å². The van der Waals surface area contributed by atoms with Crippen LogP contribution < -0.4 is 15.2 Å². The van der Waals surface area contributed by atoms with Crippen LogP contribution in [0.3, 0.4) is 0 Å². The molecule has 0 radical (unpaired) electrons. The molecule has 3 heterocycles. The monoisotopic (exact) mass is 960 g/mol. The lowest BCUT2D eigenvalue weighted by Gasteiger charge is -2.22. The summed E-state index contributed by atoms with van der Waals surface area (Å²) in [6.07, 6.45) is 9.32. The summed E-state index contributed by atoms with van der Waals surface area (Å²) < 4.78 is 66.8. The van der Waals surface area contributed by atoms with E-state index < -0.39 is 65.9 Å². The van der Waals surface area contributed by atoms with Gasteiger partial charge in [0, 0.05) is 25.2 Å². The topological polar surface area (TPSA) is 267 Å². The summed E-state index contributed by atoms with van der Waals surface area (Å²) in [5.74, 6) is -0.675. The number of aryl methyl sites for hydroxylation is 1. The molecule has 0 aliphatic carbocycles. The van der Waals surface area contributed by atoms with Crippen LogP contribution in [-0.2, 0) is 54.6 Å². The molecule has 0 spiro atoms. The Morgan fingerprint density at radius 3 is 1.74 bits per heavy atom. The number of nitrogens with zero attached hydrogens (tertiary/aromatic N) is 3. The first-order chi connectivity index (χ1) is 31.6. The lowest BCUT2D eigenvalue weighted by molar-refractivity contribution is -0.135. The van der Waals surface area contributed by atoms with Gasteiger partial charge in [0.1, 0.15) is 41.3 Å². The van der Waals surface area contributed by atoms with Gasteiger partial charge in [0.25, 0.3) is 5.91 Å². The zero-order chi connectivity index (χ0) is 47.7. The SMILES string of the molecule is CCCCCCCCC(=O)Oc1ccc(COP(=O)(OCc2ccc(OC(=O)CCCCCCCC)cc2)OP(=O)(O)OC[C@H]2O[C@@H](n3cc(C(N)=O)c4cnc(C)nc43)[C@H](O)[C@@H]2O)cc1. The zero-order valence-corrected chi connectivity index (χ0v) is 39.4. The van der Waals surface area contributed by atoms with E-state index in [1.54, 1.807) is 6.92 Å². The zero-order valence-electron chi connectivity index (χ0n) is 37.7. The first kappa shape index (κ1) is 52.6. The van der Waals surface area contributed by atoms with Gasteiger partial charge < -0.3 is 39.6 Å². The highest BCUT2D eigenvalue weighted by Gasteiger charge is 2.47. The van der Waals surface area contributed by atoms with Crippen molar-refractivity contribution < 1.29 is 70.7 Å². The number of carbonyl (C=O) groups excluding carboxylic acids is 3. The number of ether oxygens (including phenoxy) is 3. The number of hydrogen-bond acceptors (Lipinski definition) is 16. The van der Waals surface area contributed by atoms with Gasteiger partial charge in [-0.3, -0.25) is 28.0 Å². The highest BCUT2D eigenvalue weighted by molar-refractivity contribution is 7.61. The Balaban J connectivity index is 1.22. The van der Waals surface area contributed by atoms with E-state index in [4.69, 9.17) is 37.8 Å². The van der Waals surface area contributed by atoms with Crippen LogP contribution in [-0.4, -0.2) is 72.4 Å². The molecular formula is C45H62N4O15P2. The number of rotatable bonds is 29. The number of aliphatic hydroxyl groups is 2. The van der Waals surface area contributed by atoms with Crippen LogP contribution >= 0.6 is 15.6 Å². The average molecular weight is 961 g/mol. The molecule has 0 saturated carbocycles. The van der Waals surface area contributed by atoms with Crippen LogP contribution in [0.1, 0.15) is 137 Å². The number of aliphatic hydroxyl groups excluding tert-OH is 2. The number of esters is 2. The van der Waals surface area contributed by atoms with Crippen molar-refractivity contribution in [3.8, 4) is 11.5 Å². The molecule has 1 saturated heterocycles. The number of unbranched alkanes of at least 4 members (excludes halogenated alkanes) is 10. The molecule has 5 rings (SSSR count). The van der Waals surface area contributed by atoms with Crippen molar-refractivity contribution in [3.63, 3.8) is 0 Å². The standard InChI is InChI=1S/C45H62N4O15P2/c1-4-6-8-10-12-14-16-39(50)61-34-22-18-32(19-23-34)28-59-66(57,60-29-33-20-24-35(25-21-33)62-40(51)17-15-13-11-9-7-5-2)64-65(55,56)58-30-38-41(52)42(53)45(63-38)49-27-37(43(46)54)36-26-47-31(3)48-44(36)49/h18-27,38,41-42,45,52-53H,4-17,28-30H2,1-3H3,(H2,46,54)(H,55,56)/t38-,41-,42-,45-/m1/s1. The highest BCUT2D eigenvalue weighted by atomic mass is 31.3. The Labute approximate surface area is 384 Å². The van der Waals surface area contributed by atoms with E-state index in [0.717, 1.165) is 77.0 Å². The van der Waals surface area contributed by atoms with Crippen molar-refractivity contribution >= 4 is 44.5 Å². The molecule has 0 bridgehead atoms. The van der Waals surface area contributed by atoms with Gasteiger partial charge in [-0.25, -0.2) is 19.1 Å². The number of hydrogen-bond donors (Lipinski definition) is 4. The first-order valence-electron chi connectivity index (χ1n) is 22.4. The number of aromatic nitrogens is 3.